The average molecular weight is 436 g/mol. The van der Waals surface area contributed by atoms with Crippen molar-refractivity contribution in [1.29, 1.82) is 0 Å². The monoisotopic (exact) mass is 435 g/mol. The molecule has 1 saturated heterocycles. The van der Waals surface area contributed by atoms with Gasteiger partial charge in [-0.05, 0) is 32.0 Å². The smallest absolute Gasteiger partial charge is 0.320 e. The van der Waals surface area contributed by atoms with Crippen LogP contribution in [0.25, 0.3) is 0 Å². The van der Waals surface area contributed by atoms with Crippen molar-refractivity contribution in [2.45, 2.75) is 24.8 Å². The van der Waals surface area contributed by atoms with Crippen molar-refractivity contribution in [3.63, 3.8) is 0 Å². The first-order valence-electron chi connectivity index (χ1n) is 9.47. The van der Waals surface area contributed by atoms with Gasteiger partial charge in [-0.15, -0.1) is 0 Å². The van der Waals surface area contributed by atoms with Crippen molar-refractivity contribution in [2.24, 2.45) is 0 Å². The normalized spacial score (nSPS) is 14.7. The Balaban J connectivity index is 1.79. The molecule has 1 amide bonds. The van der Waals surface area contributed by atoms with Crippen LogP contribution in [-0.2, 0) is 9.84 Å². The zero-order valence-electron chi connectivity index (χ0n) is 17.4. The van der Waals surface area contributed by atoms with E-state index in [0.29, 0.717) is 37.9 Å². The molecular weight excluding hydrogens is 410 g/mol. The van der Waals surface area contributed by atoms with Crippen LogP contribution in [0.4, 0.5) is 5.95 Å². The average Bonchev–Trinajstić information content (AvgIpc) is 2.72. The molecule has 11 heteroatoms. The molecule has 0 spiro atoms. The van der Waals surface area contributed by atoms with Crippen molar-refractivity contribution in [1.82, 2.24) is 19.9 Å². The highest BCUT2D eigenvalue weighted by Crippen LogP contribution is 2.26. The van der Waals surface area contributed by atoms with Gasteiger partial charge in [0.05, 0.1) is 23.7 Å². The molecule has 1 aliphatic rings. The highest BCUT2D eigenvalue weighted by atomic mass is 32.2. The standard InChI is InChI=1S/C19H25N5O5S/c1-13(2)29-16-6-5-14(30(4,26)27)11-15(16)17(25)23-7-9-24(10-8-23)18-20-12-21-19(22-18)28-3/h5-6,11-13H,7-10H2,1-4H3. The van der Waals surface area contributed by atoms with Crippen LogP contribution in [0, 0.1) is 0 Å². The van der Waals surface area contributed by atoms with Gasteiger partial charge in [0.2, 0.25) is 5.95 Å². The van der Waals surface area contributed by atoms with Crippen LogP contribution in [0.5, 0.6) is 11.8 Å². The Labute approximate surface area is 175 Å². The first-order valence-corrected chi connectivity index (χ1v) is 11.4. The van der Waals surface area contributed by atoms with E-state index in [4.69, 9.17) is 9.47 Å². The third-order valence-corrected chi connectivity index (χ3v) is 5.65. The minimum atomic E-state index is -3.46. The fraction of sp³-hybridized carbons (Fsp3) is 0.474. The number of carbonyl (C=O) groups is 1. The zero-order valence-corrected chi connectivity index (χ0v) is 18.2. The molecule has 0 aliphatic carbocycles. The predicted molar refractivity (Wildman–Crippen MR) is 110 cm³/mol. The van der Waals surface area contributed by atoms with Crippen molar-refractivity contribution < 1.29 is 22.7 Å². The summed E-state index contributed by atoms with van der Waals surface area (Å²) >= 11 is 0. The Morgan fingerprint density at radius 2 is 1.83 bits per heavy atom. The molecule has 0 bridgehead atoms. The second kappa shape index (κ2) is 8.82. The maximum atomic E-state index is 13.2. The second-order valence-corrected chi connectivity index (χ2v) is 9.16. The zero-order chi connectivity index (χ0) is 21.9. The molecule has 0 N–H and O–H groups in total. The number of amides is 1. The number of piperazine rings is 1. The highest BCUT2D eigenvalue weighted by molar-refractivity contribution is 7.90. The molecule has 2 heterocycles. The number of nitrogens with zero attached hydrogens (tertiary/aromatic N) is 5. The molecular formula is C19H25N5O5S. The Hall–Kier alpha value is -2.95. The molecule has 0 radical (unpaired) electrons. The summed E-state index contributed by atoms with van der Waals surface area (Å²) < 4.78 is 34.7. The summed E-state index contributed by atoms with van der Waals surface area (Å²) in [6, 6.07) is 4.61. The van der Waals surface area contributed by atoms with Gasteiger partial charge in [-0.25, -0.2) is 13.4 Å². The van der Waals surface area contributed by atoms with Gasteiger partial charge in [-0.3, -0.25) is 4.79 Å². The minimum absolute atomic E-state index is 0.0814. The van der Waals surface area contributed by atoms with Crippen molar-refractivity contribution in [2.75, 3.05) is 44.4 Å². The fourth-order valence-electron chi connectivity index (χ4n) is 3.07. The maximum absolute atomic E-state index is 13.2. The van der Waals surface area contributed by atoms with Crippen molar-refractivity contribution >= 4 is 21.7 Å². The number of hydrogen-bond acceptors (Lipinski definition) is 9. The molecule has 2 aromatic rings. The van der Waals surface area contributed by atoms with E-state index in [0.717, 1.165) is 6.26 Å². The predicted octanol–water partition coefficient (Wildman–Crippen LogP) is 1.03. The molecule has 162 valence electrons. The molecule has 30 heavy (non-hydrogen) atoms. The van der Waals surface area contributed by atoms with Crippen LogP contribution in [0.1, 0.15) is 24.2 Å². The van der Waals surface area contributed by atoms with Gasteiger partial charge in [-0.1, -0.05) is 0 Å². The van der Waals surface area contributed by atoms with E-state index >= 15 is 0 Å². The quantitative estimate of drug-likeness (QED) is 0.656. The summed E-state index contributed by atoms with van der Waals surface area (Å²) in [5.41, 5.74) is 0.238. The van der Waals surface area contributed by atoms with E-state index in [9.17, 15) is 13.2 Å². The summed E-state index contributed by atoms with van der Waals surface area (Å²) in [6.07, 6.45) is 2.34. The van der Waals surface area contributed by atoms with Gasteiger partial charge in [0.15, 0.2) is 9.84 Å². The lowest BCUT2D eigenvalue weighted by Crippen LogP contribution is -2.49. The summed E-state index contributed by atoms with van der Waals surface area (Å²) in [6.45, 7) is 5.59. The van der Waals surface area contributed by atoms with E-state index in [2.05, 4.69) is 15.0 Å². The molecule has 1 aromatic heterocycles. The van der Waals surface area contributed by atoms with E-state index in [1.54, 1.807) is 4.90 Å². The Kier molecular flexibility index (Phi) is 6.40. The first-order chi connectivity index (χ1) is 14.2. The number of hydrogen-bond donors (Lipinski definition) is 0. The van der Waals surface area contributed by atoms with Gasteiger partial charge in [0, 0.05) is 32.4 Å². The lowest BCUT2D eigenvalue weighted by molar-refractivity contribution is 0.0739. The molecule has 1 aromatic carbocycles. The Morgan fingerprint density at radius 3 is 2.43 bits per heavy atom. The molecule has 1 fully saturated rings. The number of ether oxygens (including phenoxy) is 2. The lowest BCUT2D eigenvalue weighted by Gasteiger charge is -2.35. The number of methoxy groups -OCH3 is 1. The fourth-order valence-corrected chi connectivity index (χ4v) is 3.71. The third kappa shape index (κ3) is 4.96. The van der Waals surface area contributed by atoms with Crippen LogP contribution in [-0.4, -0.2) is 79.8 Å². The van der Waals surface area contributed by atoms with Gasteiger partial charge in [-0.2, -0.15) is 9.97 Å². The van der Waals surface area contributed by atoms with Crippen molar-refractivity contribution in [3.05, 3.63) is 30.1 Å². The number of aromatic nitrogens is 3. The van der Waals surface area contributed by atoms with Crippen LogP contribution in [0.15, 0.2) is 29.4 Å². The summed E-state index contributed by atoms with van der Waals surface area (Å²) in [4.78, 5) is 29.2. The third-order valence-electron chi connectivity index (χ3n) is 4.54. The SMILES string of the molecule is COc1ncnc(N2CCN(C(=O)c3cc(S(C)(=O)=O)ccc3OC(C)C)CC2)n1. The van der Waals surface area contributed by atoms with E-state index in [-0.39, 0.29) is 28.5 Å². The van der Waals surface area contributed by atoms with Crippen LogP contribution >= 0.6 is 0 Å². The van der Waals surface area contributed by atoms with Crippen molar-refractivity contribution in [3.8, 4) is 11.8 Å². The number of carbonyl (C=O) groups excluding carboxylic acids is 1. The number of sulfone groups is 1. The second-order valence-electron chi connectivity index (χ2n) is 7.15. The van der Waals surface area contributed by atoms with E-state index in [1.165, 1.54) is 31.6 Å². The van der Waals surface area contributed by atoms with Crippen LogP contribution < -0.4 is 14.4 Å². The molecule has 0 unspecified atom stereocenters. The molecule has 3 rings (SSSR count). The molecule has 0 atom stereocenters. The summed E-state index contributed by atoms with van der Waals surface area (Å²) in [7, 11) is -1.97. The van der Waals surface area contributed by atoms with Gasteiger partial charge < -0.3 is 19.3 Å². The van der Waals surface area contributed by atoms with Crippen LogP contribution in [0.2, 0.25) is 0 Å². The highest BCUT2D eigenvalue weighted by Gasteiger charge is 2.27. The van der Waals surface area contributed by atoms with E-state index < -0.39 is 9.84 Å². The molecule has 10 nitrogen and oxygen atoms in total. The minimum Gasteiger partial charge on any atom is -0.490 e. The van der Waals surface area contributed by atoms with Gasteiger partial charge in [0.1, 0.15) is 12.1 Å². The van der Waals surface area contributed by atoms with E-state index in [1.807, 2.05) is 18.7 Å². The first kappa shape index (κ1) is 21.8. The maximum Gasteiger partial charge on any atom is 0.320 e. The Morgan fingerprint density at radius 1 is 1.13 bits per heavy atom. The number of anilines is 1. The topological polar surface area (TPSA) is 115 Å². The Bertz CT molecular complexity index is 1020. The largest absolute Gasteiger partial charge is 0.490 e. The summed E-state index contributed by atoms with van der Waals surface area (Å²) in [5, 5.41) is 0. The number of benzene rings is 1. The summed E-state index contributed by atoms with van der Waals surface area (Å²) in [5.74, 6) is 0.577. The molecule has 1 aliphatic heterocycles. The van der Waals surface area contributed by atoms with Gasteiger partial charge >= 0.3 is 6.01 Å². The van der Waals surface area contributed by atoms with Crippen LogP contribution in [0.3, 0.4) is 0 Å². The number of rotatable bonds is 6. The lowest BCUT2D eigenvalue weighted by atomic mass is 10.1. The van der Waals surface area contributed by atoms with Gasteiger partial charge in [0.25, 0.3) is 5.91 Å². The molecule has 0 saturated carbocycles.